The molecule has 1 aliphatic heterocycles. The van der Waals surface area contributed by atoms with Crippen molar-refractivity contribution in [1.29, 1.82) is 5.26 Å². The Kier molecular flexibility index (Phi) is 5.61. The molecule has 1 N–H and O–H groups in total. The maximum absolute atomic E-state index is 9.00. The number of fused-ring (bicyclic) bond motifs is 1. The minimum Gasteiger partial charge on any atom is -0.369 e. The van der Waals surface area contributed by atoms with Crippen molar-refractivity contribution in [3.05, 3.63) is 72.4 Å². The van der Waals surface area contributed by atoms with Crippen LogP contribution in [0.5, 0.6) is 0 Å². The Hall–Kier alpha value is -3.63. The summed E-state index contributed by atoms with van der Waals surface area (Å²) in [4.78, 5) is 8.43. The lowest BCUT2D eigenvalue weighted by Gasteiger charge is -2.41. The van der Waals surface area contributed by atoms with Gasteiger partial charge in [-0.25, -0.2) is 0 Å². The molecular weight excluding hydrogens is 398 g/mol. The highest BCUT2D eigenvalue weighted by molar-refractivity contribution is 5.85. The van der Waals surface area contributed by atoms with E-state index in [2.05, 4.69) is 74.5 Å². The second-order valence-electron chi connectivity index (χ2n) is 8.51. The third-order valence-corrected chi connectivity index (χ3v) is 6.49. The summed E-state index contributed by atoms with van der Waals surface area (Å²) in [7, 11) is 0. The van der Waals surface area contributed by atoms with Crippen LogP contribution in [0.2, 0.25) is 0 Å². The van der Waals surface area contributed by atoms with E-state index >= 15 is 0 Å². The molecule has 0 spiro atoms. The molecule has 7 nitrogen and oxygen atoms in total. The number of piperazine rings is 1. The zero-order valence-electron chi connectivity index (χ0n) is 18.3. The van der Waals surface area contributed by atoms with E-state index < -0.39 is 0 Å². The first-order chi connectivity index (χ1) is 15.7. The van der Waals surface area contributed by atoms with E-state index in [9.17, 15) is 0 Å². The van der Waals surface area contributed by atoms with E-state index in [0.29, 0.717) is 11.6 Å². The number of nitriles is 1. The normalized spacial score (nSPS) is 17.0. The number of hydrogen-bond acceptors (Lipinski definition) is 5. The molecule has 0 aliphatic carbocycles. The van der Waals surface area contributed by atoms with Gasteiger partial charge in [0.05, 0.1) is 11.6 Å². The first kappa shape index (κ1) is 20.3. The molecule has 0 amide bonds. The number of benzene rings is 2. The van der Waals surface area contributed by atoms with Gasteiger partial charge in [0.25, 0.3) is 0 Å². The molecule has 1 aliphatic rings. The average Bonchev–Trinajstić information content (AvgIpc) is 3.50. The van der Waals surface area contributed by atoms with Crippen LogP contribution in [0.1, 0.15) is 24.5 Å². The van der Waals surface area contributed by atoms with Gasteiger partial charge in [0, 0.05) is 54.2 Å². The number of hydrogen-bond donors (Lipinski definition) is 1. The molecule has 0 bridgehead atoms. The number of aryl methyl sites for hydroxylation is 1. The summed E-state index contributed by atoms with van der Waals surface area (Å²) in [5.74, 6) is 0. The molecule has 2 aromatic heterocycles. The molecule has 1 unspecified atom stereocenters. The van der Waals surface area contributed by atoms with Crippen LogP contribution in [0.3, 0.4) is 0 Å². The van der Waals surface area contributed by atoms with Crippen molar-refractivity contribution in [1.82, 2.24) is 24.6 Å². The van der Waals surface area contributed by atoms with Crippen LogP contribution < -0.4 is 4.90 Å². The SMILES string of the molecule is CC1CN(c2ccc(C#N)cc2)CCN1CCCc1c[nH]c2ccc(-n3cnnc3)cc12. The molecule has 5 rings (SSSR count). The van der Waals surface area contributed by atoms with Crippen LogP contribution in [0, 0.1) is 11.3 Å². The van der Waals surface area contributed by atoms with Crippen molar-refractivity contribution in [2.24, 2.45) is 0 Å². The number of nitrogens with zero attached hydrogens (tertiary/aromatic N) is 6. The Balaban J connectivity index is 1.18. The van der Waals surface area contributed by atoms with Gasteiger partial charge in [-0.05, 0) is 74.3 Å². The Morgan fingerprint density at radius 2 is 1.84 bits per heavy atom. The topological polar surface area (TPSA) is 76.8 Å². The van der Waals surface area contributed by atoms with Gasteiger partial charge in [-0.15, -0.1) is 10.2 Å². The van der Waals surface area contributed by atoms with Crippen molar-refractivity contribution in [2.75, 3.05) is 31.1 Å². The van der Waals surface area contributed by atoms with Crippen LogP contribution in [-0.4, -0.2) is 56.9 Å². The van der Waals surface area contributed by atoms with Gasteiger partial charge in [0.15, 0.2) is 0 Å². The number of aromatic nitrogens is 4. The zero-order valence-corrected chi connectivity index (χ0v) is 18.3. The predicted molar refractivity (Wildman–Crippen MR) is 126 cm³/mol. The lowest BCUT2D eigenvalue weighted by Crippen LogP contribution is -2.52. The lowest BCUT2D eigenvalue weighted by molar-refractivity contribution is 0.187. The summed E-state index contributed by atoms with van der Waals surface area (Å²) < 4.78 is 1.94. The molecule has 162 valence electrons. The van der Waals surface area contributed by atoms with Crippen LogP contribution in [-0.2, 0) is 6.42 Å². The van der Waals surface area contributed by atoms with Crippen molar-refractivity contribution in [2.45, 2.75) is 25.8 Å². The number of anilines is 1. The van der Waals surface area contributed by atoms with E-state index in [4.69, 9.17) is 5.26 Å². The summed E-state index contributed by atoms with van der Waals surface area (Å²) in [5, 5.41) is 18.1. The molecule has 4 aromatic rings. The van der Waals surface area contributed by atoms with Crippen molar-refractivity contribution < 1.29 is 0 Å². The minimum absolute atomic E-state index is 0.503. The predicted octanol–water partition coefficient (Wildman–Crippen LogP) is 3.76. The highest BCUT2D eigenvalue weighted by atomic mass is 15.3. The monoisotopic (exact) mass is 425 g/mol. The molecule has 1 saturated heterocycles. The molecule has 0 saturated carbocycles. The van der Waals surface area contributed by atoms with Crippen molar-refractivity contribution >= 4 is 16.6 Å². The van der Waals surface area contributed by atoms with E-state index in [1.807, 2.05) is 16.7 Å². The van der Waals surface area contributed by atoms with Crippen molar-refractivity contribution in [3.8, 4) is 11.8 Å². The van der Waals surface area contributed by atoms with Crippen LogP contribution in [0.15, 0.2) is 61.3 Å². The first-order valence-electron chi connectivity index (χ1n) is 11.2. The Bertz CT molecular complexity index is 1220. The summed E-state index contributed by atoms with van der Waals surface area (Å²) >= 11 is 0. The highest BCUT2D eigenvalue weighted by Gasteiger charge is 2.23. The molecule has 1 atom stereocenters. The Labute approximate surface area is 187 Å². The second-order valence-corrected chi connectivity index (χ2v) is 8.51. The van der Waals surface area contributed by atoms with Gasteiger partial charge in [0.2, 0.25) is 0 Å². The van der Waals surface area contributed by atoms with Gasteiger partial charge in [0.1, 0.15) is 12.7 Å². The molecular formula is C25H27N7. The third-order valence-electron chi connectivity index (χ3n) is 6.49. The lowest BCUT2D eigenvalue weighted by atomic mass is 10.1. The van der Waals surface area contributed by atoms with Crippen LogP contribution >= 0.6 is 0 Å². The number of H-pyrrole nitrogens is 1. The number of nitrogens with one attached hydrogen (secondary N) is 1. The highest BCUT2D eigenvalue weighted by Crippen LogP contribution is 2.24. The molecule has 2 aromatic carbocycles. The molecule has 3 heterocycles. The van der Waals surface area contributed by atoms with Gasteiger partial charge in [-0.1, -0.05) is 0 Å². The van der Waals surface area contributed by atoms with Gasteiger partial charge >= 0.3 is 0 Å². The van der Waals surface area contributed by atoms with E-state index in [1.165, 1.54) is 22.2 Å². The second kappa shape index (κ2) is 8.85. The summed E-state index contributed by atoms with van der Waals surface area (Å²) in [5.41, 5.74) is 5.53. The molecule has 7 heteroatoms. The quantitative estimate of drug-likeness (QED) is 0.509. The largest absolute Gasteiger partial charge is 0.369 e. The smallest absolute Gasteiger partial charge is 0.123 e. The summed E-state index contributed by atoms with van der Waals surface area (Å²) in [6.07, 6.45) is 7.78. The third kappa shape index (κ3) is 4.10. The maximum atomic E-state index is 9.00. The van der Waals surface area contributed by atoms with E-state index in [1.54, 1.807) is 12.7 Å². The van der Waals surface area contributed by atoms with Gasteiger partial charge < -0.3 is 9.88 Å². The van der Waals surface area contributed by atoms with Crippen molar-refractivity contribution in [3.63, 3.8) is 0 Å². The summed E-state index contributed by atoms with van der Waals surface area (Å²) in [6, 6.07) is 17.0. The van der Waals surface area contributed by atoms with E-state index in [0.717, 1.165) is 44.7 Å². The number of aromatic amines is 1. The van der Waals surface area contributed by atoms with Crippen LogP contribution in [0.25, 0.3) is 16.6 Å². The Morgan fingerprint density at radius 1 is 1.06 bits per heavy atom. The van der Waals surface area contributed by atoms with Gasteiger partial charge in [-0.2, -0.15) is 5.26 Å². The zero-order chi connectivity index (χ0) is 21.9. The fourth-order valence-electron chi connectivity index (χ4n) is 4.65. The molecule has 1 fully saturated rings. The first-order valence-corrected chi connectivity index (χ1v) is 11.2. The molecule has 32 heavy (non-hydrogen) atoms. The van der Waals surface area contributed by atoms with E-state index in [-0.39, 0.29) is 0 Å². The maximum Gasteiger partial charge on any atom is 0.123 e. The van der Waals surface area contributed by atoms with Crippen LogP contribution in [0.4, 0.5) is 5.69 Å². The standard InChI is InChI=1S/C25H27N7/c1-19-16-31(22-6-4-20(14-26)5-7-22)12-11-30(19)10-2-3-21-15-27-25-9-8-23(13-24(21)25)32-17-28-29-18-32/h4-9,13,15,17-19,27H,2-3,10-12,16H2,1H3. The molecule has 0 radical (unpaired) electrons. The fourth-order valence-corrected chi connectivity index (χ4v) is 4.65. The van der Waals surface area contributed by atoms with Gasteiger partial charge in [-0.3, -0.25) is 9.47 Å². The Morgan fingerprint density at radius 3 is 2.59 bits per heavy atom. The fraction of sp³-hybridized carbons (Fsp3) is 0.320. The average molecular weight is 426 g/mol. The summed E-state index contributed by atoms with van der Waals surface area (Å²) in [6.45, 7) is 6.51. The number of rotatable bonds is 6. The minimum atomic E-state index is 0.503.